The molecule has 2 aromatic rings. The van der Waals surface area contributed by atoms with Gasteiger partial charge in [0, 0.05) is 17.8 Å². The Morgan fingerprint density at radius 2 is 2.07 bits per heavy atom. The zero-order chi connectivity index (χ0) is 18.9. The Kier molecular flexibility index (Phi) is 7.89. The second-order valence-corrected chi connectivity index (χ2v) is 8.02. The number of para-hydroxylation sites is 2. The van der Waals surface area contributed by atoms with E-state index in [1.165, 1.54) is 4.88 Å². The van der Waals surface area contributed by atoms with Crippen LogP contribution in [0.3, 0.4) is 0 Å². The fourth-order valence-electron chi connectivity index (χ4n) is 3.22. The van der Waals surface area contributed by atoms with Gasteiger partial charge in [-0.2, -0.15) is 0 Å². The maximum Gasteiger partial charge on any atom is 0.173 e. The average molecular weight is 407 g/mol. The molecule has 1 aliphatic heterocycles. The molecular formula is C20H28N3O2S2+. The van der Waals surface area contributed by atoms with Gasteiger partial charge in [-0.25, -0.2) is 0 Å². The van der Waals surface area contributed by atoms with Gasteiger partial charge < -0.3 is 24.6 Å². The molecule has 0 atom stereocenters. The summed E-state index contributed by atoms with van der Waals surface area (Å²) < 4.78 is 10.9. The van der Waals surface area contributed by atoms with Gasteiger partial charge in [-0.1, -0.05) is 18.2 Å². The number of benzene rings is 1. The van der Waals surface area contributed by atoms with Crippen molar-refractivity contribution in [3.8, 4) is 5.75 Å². The largest absolute Gasteiger partial charge is 0.495 e. The number of ether oxygens (including phenoxy) is 2. The van der Waals surface area contributed by atoms with Crippen molar-refractivity contribution in [3.05, 3.63) is 46.7 Å². The first-order valence-corrected chi connectivity index (χ1v) is 10.7. The standard InChI is InChI=1S/C20H27N3O2S2/c1-24-19-8-3-2-7-18(19)21-20(26)23(16-17-6-4-15-27-17)10-5-9-22-11-13-25-14-12-22/h2-4,6-8,15H,5,9-14,16H2,1H3,(H,21,26)/p+1. The Hall–Kier alpha value is -1.67. The molecule has 1 aromatic carbocycles. The van der Waals surface area contributed by atoms with Gasteiger partial charge in [0.2, 0.25) is 0 Å². The van der Waals surface area contributed by atoms with Crippen LogP contribution in [0.25, 0.3) is 0 Å². The Bertz CT molecular complexity index is 703. The minimum absolute atomic E-state index is 0.741. The minimum Gasteiger partial charge on any atom is -0.495 e. The molecular weight excluding hydrogens is 378 g/mol. The van der Waals surface area contributed by atoms with Crippen LogP contribution in [0.5, 0.6) is 5.75 Å². The van der Waals surface area contributed by atoms with Crippen molar-refractivity contribution < 1.29 is 14.4 Å². The normalized spacial score (nSPS) is 14.7. The number of nitrogens with zero attached hydrogens (tertiary/aromatic N) is 1. The molecule has 5 nitrogen and oxygen atoms in total. The number of hydrogen-bond acceptors (Lipinski definition) is 4. The molecule has 1 aromatic heterocycles. The van der Waals surface area contributed by atoms with Gasteiger partial charge in [-0.3, -0.25) is 0 Å². The lowest BCUT2D eigenvalue weighted by molar-refractivity contribution is -0.908. The third-order valence-electron chi connectivity index (χ3n) is 4.72. The predicted molar refractivity (Wildman–Crippen MR) is 115 cm³/mol. The van der Waals surface area contributed by atoms with Gasteiger partial charge >= 0.3 is 0 Å². The van der Waals surface area contributed by atoms with Crippen LogP contribution in [-0.4, -0.2) is 56.5 Å². The van der Waals surface area contributed by atoms with E-state index in [9.17, 15) is 0 Å². The lowest BCUT2D eigenvalue weighted by Crippen LogP contribution is -3.14. The van der Waals surface area contributed by atoms with E-state index in [1.54, 1.807) is 23.3 Å². The van der Waals surface area contributed by atoms with Crippen LogP contribution in [0.4, 0.5) is 5.69 Å². The maximum atomic E-state index is 5.75. The highest BCUT2D eigenvalue weighted by atomic mass is 32.1. The monoisotopic (exact) mass is 406 g/mol. The molecule has 146 valence electrons. The minimum atomic E-state index is 0.741. The van der Waals surface area contributed by atoms with Gasteiger partial charge in [0.25, 0.3) is 0 Å². The summed E-state index contributed by atoms with van der Waals surface area (Å²) in [5.41, 5.74) is 0.903. The van der Waals surface area contributed by atoms with Gasteiger partial charge in [0.15, 0.2) is 5.11 Å². The maximum absolute atomic E-state index is 5.75. The molecule has 1 fully saturated rings. The molecule has 0 radical (unpaired) electrons. The highest BCUT2D eigenvalue weighted by Gasteiger charge is 2.16. The van der Waals surface area contributed by atoms with Crippen molar-refractivity contribution >= 4 is 34.4 Å². The number of thiocarbonyl (C=S) groups is 1. The van der Waals surface area contributed by atoms with Crippen LogP contribution in [-0.2, 0) is 11.3 Å². The molecule has 0 amide bonds. The topological polar surface area (TPSA) is 38.2 Å². The van der Waals surface area contributed by atoms with Crippen molar-refractivity contribution in [2.45, 2.75) is 13.0 Å². The van der Waals surface area contributed by atoms with E-state index in [-0.39, 0.29) is 0 Å². The summed E-state index contributed by atoms with van der Waals surface area (Å²) in [6, 6.07) is 12.1. The summed E-state index contributed by atoms with van der Waals surface area (Å²) in [6.45, 7) is 6.88. The number of thiophene rings is 1. The number of morpholine rings is 1. The molecule has 2 N–H and O–H groups in total. The highest BCUT2D eigenvalue weighted by molar-refractivity contribution is 7.80. The third kappa shape index (κ3) is 6.17. The van der Waals surface area contributed by atoms with Crippen LogP contribution in [0.2, 0.25) is 0 Å². The molecule has 1 aliphatic rings. The van der Waals surface area contributed by atoms with E-state index in [0.29, 0.717) is 0 Å². The first-order chi connectivity index (χ1) is 13.3. The van der Waals surface area contributed by atoms with Crippen molar-refractivity contribution in [2.75, 3.05) is 51.8 Å². The summed E-state index contributed by atoms with van der Waals surface area (Å²) in [5.74, 6) is 0.800. The van der Waals surface area contributed by atoms with Crippen LogP contribution < -0.4 is 15.0 Å². The summed E-state index contributed by atoms with van der Waals surface area (Å²) in [5, 5.41) is 6.23. The van der Waals surface area contributed by atoms with Crippen LogP contribution in [0, 0.1) is 0 Å². The summed E-state index contributed by atoms with van der Waals surface area (Å²) in [7, 11) is 1.68. The summed E-state index contributed by atoms with van der Waals surface area (Å²) in [6.07, 6.45) is 1.11. The number of anilines is 1. The zero-order valence-electron chi connectivity index (χ0n) is 15.8. The van der Waals surface area contributed by atoms with E-state index in [1.807, 2.05) is 24.3 Å². The summed E-state index contributed by atoms with van der Waals surface area (Å²) >= 11 is 7.51. The lowest BCUT2D eigenvalue weighted by atomic mass is 10.3. The second-order valence-electron chi connectivity index (χ2n) is 6.60. The van der Waals surface area contributed by atoms with Crippen LogP contribution in [0.15, 0.2) is 41.8 Å². The fourth-order valence-corrected chi connectivity index (χ4v) is 4.20. The Morgan fingerprint density at radius 3 is 2.81 bits per heavy atom. The molecule has 2 heterocycles. The lowest BCUT2D eigenvalue weighted by Gasteiger charge is -2.28. The SMILES string of the molecule is COc1ccccc1NC(=S)N(CCC[NH+]1CCOCC1)Cc1cccs1. The van der Waals surface area contributed by atoms with Gasteiger partial charge in [0.05, 0.1) is 39.1 Å². The van der Waals surface area contributed by atoms with E-state index in [4.69, 9.17) is 21.7 Å². The first kappa shape index (κ1) is 20.1. The molecule has 0 unspecified atom stereocenters. The predicted octanol–water partition coefficient (Wildman–Crippen LogP) is 2.26. The number of methoxy groups -OCH3 is 1. The molecule has 1 saturated heterocycles. The third-order valence-corrected chi connectivity index (χ3v) is 5.94. The van der Waals surface area contributed by atoms with Crippen molar-refractivity contribution in [1.82, 2.24) is 4.90 Å². The van der Waals surface area contributed by atoms with E-state index >= 15 is 0 Å². The molecule has 0 spiro atoms. The van der Waals surface area contributed by atoms with Crippen LogP contribution >= 0.6 is 23.6 Å². The van der Waals surface area contributed by atoms with Crippen molar-refractivity contribution in [3.63, 3.8) is 0 Å². The van der Waals surface area contributed by atoms with Crippen LogP contribution in [0.1, 0.15) is 11.3 Å². The Morgan fingerprint density at radius 1 is 1.26 bits per heavy atom. The fraction of sp³-hybridized carbons (Fsp3) is 0.450. The molecule has 7 heteroatoms. The number of hydrogen-bond donors (Lipinski definition) is 2. The molecule has 3 rings (SSSR count). The molecule has 0 bridgehead atoms. The van der Waals surface area contributed by atoms with E-state index < -0.39 is 0 Å². The van der Waals surface area contributed by atoms with E-state index in [2.05, 4.69) is 27.7 Å². The number of rotatable bonds is 8. The quantitative estimate of drug-likeness (QED) is 0.658. The first-order valence-electron chi connectivity index (χ1n) is 9.39. The number of quaternary nitrogens is 1. The molecule has 0 saturated carbocycles. The van der Waals surface area contributed by atoms with Crippen molar-refractivity contribution in [1.29, 1.82) is 0 Å². The zero-order valence-corrected chi connectivity index (χ0v) is 17.4. The number of nitrogens with one attached hydrogen (secondary N) is 2. The Balaban J connectivity index is 1.60. The second kappa shape index (κ2) is 10.6. The molecule has 27 heavy (non-hydrogen) atoms. The van der Waals surface area contributed by atoms with Gasteiger partial charge in [0.1, 0.15) is 18.8 Å². The smallest absolute Gasteiger partial charge is 0.173 e. The highest BCUT2D eigenvalue weighted by Crippen LogP contribution is 2.24. The van der Waals surface area contributed by atoms with Gasteiger partial charge in [-0.15, -0.1) is 11.3 Å². The summed E-state index contributed by atoms with van der Waals surface area (Å²) in [4.78, 5) is 5.20. The van der Waals surface area contributed by atoms with E-state index in [0.717, 1.165) is 68.9 Å². The van der Waals surface area contributed by atoms with Crippen molar-refractivity contribution in [2.24, 2.45) is 0 Å². The average Bonchev–Trinajstić information content (AvgIpc) is 3.21. The van der Waals surface area contributed by atoms with Gasteiger partial charge in [-0.05, 0) is 35.8 Å². The Labute approximate surface area is 170 Å². The molecule has 0 aliphatic carbocycles.